The van der Waals surface area contributed by atoms with Crippen molar-refractivity contribution in [2.45, 2.75) is 68.9 Å². The summed E-state index contributed by atoms with van der Waals surface area (Å²) < 4.78 is 77.1. The Kier molecular flexibility index (Phi) is 6.34. The fourth-order valence-corrected chi connectivity index (χ4v) is 4.75. The molecule has 31 heavy (non-hydrogen) atoms. The first kappa shape index (κ1) is 23.8. The van der Waals surface area contributed by atoms with Crippen LogP contribution < -0.4 is 0 Å². The molecule has 2 saturated heterocycles. The molecule has 0 N–H and O–H groups in total. The average molecular weight is 465 g/mol. The van der Waals surface area contributed by atoms with E-state index in [9.17, 15) is 26.4 Å². The number of hydrogen-bond acceptors (Lipinski definition) is 6. The van der Waals surface area contributed by atoms with Crippen LogP contribution in [0.1, 0.15) is 51.6 Å². The van der Waals surface area contributed by atoms with Crippen molar-refractivity contribution in [2.24, 2.45) is 0 Å². The fourth-order valence-electron chi connectivity index (χ4n) is 4.16. The number of carbonyl (C=O) groups excluding carboxylic acids is 1. The van der Waals surface area contributed by atoms with Gasteiger partial charge in [-0.3, -0.25) is 9.08 Å². The van der Waals surface area contributed by atoms with E-state index in [-0.39, 0.29) is 13.0 Å². The molecule has 1 aromatic carbocycles. The molecule has 1 spiro atoms. The predicted octanol–water partition coefficient (Wildman–Crippen LogP) is 4.15. The number of nitrogens with zero attached hydrogens (tertiary/aromatic N) is 1. The van der Waals surface area contributed by atoms with E-state index in [0.717, 1.165) is 0 Å². The van der Waals surface area contributed by atoms with Crippen LogP contribution in [0.15, 0.2) is 30.3 Å². The molecule has 2 aliphatic rings. The summed E-state index contributed by atoms with van der Waals surface area (Å²) in [4.78, 5) is 14.5. The lowest BCUT2D eigenvalue weighted by molar-refractivity contribution is -0.0982. The largest absolute Gasteiger partial charge is 0.523 e. The number of ether oxygens (including phenoxy) is 2. The first-order valence-corrected chi connectivity index (χ1v) is 11.3. The summed E-state index contributed by atoms with van der Waals surface area (Å²) in [6.45, 7) is 5.24. The molecule has 3 rings (SSSR count). The Bertz CT molecular complexity index is 900. The zero-order valence-electron chi connectivity index (χ0n) is 17.5. The quantitative estimate of drug-likeness (QED) is 0.493. The van der Waals surface area contributed by atoms with Crippen LogP contribution in [0, 0.1) is 0 Å². The van der Waals surface area contributed by atoms with Gasteiger partial charge in [0.25, 0.3) is 0 Å². The minimum absolute atomic E-state index is 0.110. The third-order valence-corrected chi connectivity index (χ3v) is 6.32. The van der Waals surface area contributed by atoms with Crippen molar-refractivity contribution in [3.63, 3.8) is 0 Å². The highest BCUT2D eigenvalue weighted by Gasteiger charge is 2.56. The van der Waals surface area contributed by atoms with E-state index in [1.807, 2.05) is 0 Å². The SMILES string of the molecule is CC(C)(C)OC(=O)N1CCC[C@@]2(CC(OS(=O)(=O)C(F)(F)F)CO2)[C@@H]1c1ccccc1. The van der Waals surface area contributed by atoms with Crippen LogP contribution in [0.4, 0.5) is 18.0 Å². The molecular weight excluding hydrogens is 439 g/mol. The normalized spacial score (nSPS) is 27.5. The van der Waals surface area contributed by atoms with Gasteiger partial charge in [0.2, 0.25) is 0 Å². The number of hydrogen-bond donors (Lipinski definition) is 0. The molecule has 174 valence electrons. The Morgan fingerprint density at radius 3 is 2.42 bits per heavy atom. The van der Waals surface area contributed by atoms with Crippen molar-refractivity contribution in [1.82, 2.24) is 4.90 Å². The fraction of sp³-hybridized carbons (Fsp3) is 0.650. The van der Waals surface area contributed by atoms with Crippen molar-refractivity contribution in [1.29, 1.82) is 0 Å². The number of alkyl halides is 3. The van der Waals surface area contributed by atoms with E-state index < -0.39 is 45.1 Å². The molecule has 1 unspecified atom stereocenters. The van der Waals surface area contributed by atoms with Gasteiger partial charge in [0.1, 0.15) is 11.7 Å². The topological polar surface area (TPSA) is 82.1 Å². The zero-order valence-corrected chi connectivity index (χ0v) is 18.3. The maximum absolute atomic E-state index is 13.0. The van der Waals surface area contributed by atoms with Crippen molar-refractivity contribution in [3.8, 4) is 0 Å². The average Bonchev–Trinajstić information content (AvgIpc) is 3.01. The van der Waals surface area contributed by atoms with Crippen molar-refractivity contribution < 1.29 is 40.0 Å². The van der Waals surface area contributed by atoms with E-state index in [0.29, 0.717) is 24.9 Å². The van der Waals surface area contributed by atoms with Gasteiger partial charge in [0, 0.05) is 13.0 Å². The summed E-state index contributed by atoms with van der Waals surface area (Å²) >= 11 is 0. The van der Waals surface area contributed by atoms with Crippen molar-refractivity contribution in [2.75, 3.05) is 13.2 Å². The third-order valence-electron chi connectivity index (χ3n) is 5.23. The summed E-state index contributed by atoms with van der Waals surface area (Å²) in [5.74, 6) is 0. The molecule has 3 atom stereocenters. The Labute approximate surface area is 179 Å². The lowest BCUT2D eigenvalue weighted by Crippen LogP contribution is -2.53. The Hall–Kier alpha value is -1.85. The molecule has 2 fully saturated rings. The molecule has 0 aliphatic carbocycles. The summed E-state index contributed by atoms with van der Waals surface area (Å²) in [6.07, 6.45) is -1.05. The Balaban J connectivity index is 1.92. The van der Waals surface area contributed by atoms with Crippen LogP contribution >= 0.6 is 0 Å². The lowest BCUT2D eigenvalue weighted by Gasteiger charge is -2.47. The van der Waals surface area contributed by atoms with Gasteiger partial charge in [-0.05, 0) is 39.2 Å². The molecule has 0 bridgehead atoms. The lowest BCUT2D eigenvalue weighted by atomic mass is 9.78. The van der Waals surface area contributed by atoms with E-state index in [1.165, 1.54) is 4.90 Å². The molecule has 0 aromatic heterocycles. The molecule has 1 aromatic rings. The highest BCUT2D eigenvalue weighted by Crippen LogP contribution is 2.49. The van der Waals surface area contributed by atoms with Crippen LogP contribution in [0.25, 0.3) is 0 Å². The monoisotopic (exact) mass is 465 g/mol. The number of likely N-dealkylation sites (tertiary alicyclic amines) is 1. The summed E-state index contributed by atoms with van der Waals surface area (Å²) in [6, 6.07) is 8.27. The maximum atomic E-state index is 13.0. The van der Waals surface area contributed by atoms with Gasteiger partial charge < -0.3 is 9.47 Å². The molecule has 7 nitrogen and oxygen atoms in total. The van der Waals surface area contributed by atoms with Gasteiger partial charge in [-0.25, -0.2) is 4.79 Å². The highest BCUT2D eigenvalue weighted by molar-refractivity contribution is 7.87. The predicted molar refractivity (Wildman–Crippen MR) is 105 cm³/mol. The number of rotatable bonds is 3. The third kappa shape index (κ3) is 5.15. The van der Waals surface area contributed by atoms with E-state index >= 15 is 0 Å². The number of carbonyl (C=O) groups is 1. The Morgan fingerprint density at radius 2 is 1.84 bits per heavy atom. The maximum Gasteiger partial charge on any atom is 0.523 e. The van der Waals surface area contributed by atoms with Crippen molar-refractivity contribution in [3.05, 3.63) is 35.9 Å². The number of benzene rings is 1. The van der Waals surface area contributed by atoms with E-state index in [1.54, 1.807) is 51.1 Å². The zero-order chi connectivity index (χ0) is 23.1. The number of piperidine rings is 1. The standard InChI is InChI=1S/C20H26F3NO6S/c1-18(2,3)29-17(25)24-11-7-10-19(16(24)14-8-5-4-6-9-14)12-15(13-28-19)30-31(26,27)20(21,22)23/h4-6,8-9,15-16H,7,10-13H2,1-3H3/t15?,16-,19+/m0/s1. The van der Waals surface area contributed by atoms with Gasteiger partial charge >= 0.3 is 21.7 Å². The van der Waals surface area contributed by atoms with Crippen LogP contribution in [-0.4, -0.2) is 55.4 Å². The second kappa shape index (κ2) is 8.25. The van der Waals surface area contributed by atoms with Gasteiger partial charge in [0.05, 0.1) is 18.2 Å². The van der Waals surface area contributed by atoms with Gasteiger partial charge in [-0.1, -0.05) is 30.3 Å². The van der Waals surface area contributed by atoms with Crippen molar-refractivity contribution >= 4 is 16.2 Å². The molecule has 0 radical (unpaired) electrons. The van der Waals surface area contributed by atoms with E-state index in [2.05, 4.69) is 4.18 Å². The van der Waals surface area contributed by atoms with Gasteiger partial charge in [0.15, 0.2) is 0 Å². The molecule has 0 saturated carbocycles. The minimum Gasteiger partial charge on any atom is -0.444 e. The second-order valence-electron chi connectivity index (χ2n) is 8.79. The second-order valence-corrected chi connectivity index (χ2v) is 10.4. The Morgan fingerprint density at radius 1 is 1.19 bits per heavy atom. The van der Waals surface area contributed by atoms with E-state index in [4.69, 9.17) is 9.47 Å². The van der Waals surface area contributed by atoms with Crippen LogP contribution in [-0.2, 0) is 23.8 Å². The van der Waals surface area contributed by atoms with Crippen LogP contribution in [0.3, 0.4) is 0 Å². The van der Waals surface area contributed by atoms with Gasteiger partial charge in [-0.15, -0.1) is 0 Å². The summed E-state index contributed by atoms with van der Waals surface area (Å²) in [5, 5.41) is 0. The van der Waals surface area contributed by atoms with Crippen LogP contribution in [0.2, 0.25) is 0 Å². The molecule has 11 heteroatoms. The summed E-state index contributed by atoms with van der Waals surface area (Å²) in [5.41, 5.74) is -6.64. The highest BCUT2D eigenvalue weighted by atomic mass is 32.2. The molecular formula is C20H26F3NO6S. The van der Waals surface area contributed by atoms with Gasteiger partial charge in [-0.2, -0.15) is 21.6 Å². The summed E-state index contributed by atoms with van der Waals surface area (Å²) in [7, 11) is -5.76. The first-order valence-electron chi connectivity index (χ1n) is 9.92. The molecule has 1 amide bonds. The number of halogens is 3. The first-order chi connectivity index (χ1) is 14.2. The molecule has 2 aliphatic heterocycles. The number of amides is 1. The molecule has 2 heterocycles. The van der Waals surface area contributed by atoms with Crippen LogP contribution in [0.5, 0.6) is 0 Å². The minimum atomic E-state index is -5.76. The smallest absolute Gasteiger partial charge is 0.444 e.